The molecule has 1 aliphatic rings. The lowest BCUT2D eigenvalue weighted by molar-refractivity contribution is 0.174. The molecule has 1 fully saturated rings. The first-order chi connectivity index (χ1) is 12.8. The SMILES string of the molecule is CN=C(NCCS(=O)c1ccccc1)N1CCN(Cc2cccs2)CC1.I. The van der Waals surface area contributed by atoms with Crippen LogP contribution in [0.5, 0.6) is 0 Å². The summed E-state index contributed by atoms with van der Waals surface area (Å²) in [6.45, 7) is 5.69. The normalized spacial score (nSPS) is 16.6. The third-order valence-electron chi connectivity index (χ3n) is 4.42. The van der Waals surface area contributed by atoms with Gasteiger partial charge in [0.1, 0.15) is 0 Å². The van der Waals surface area contributed by atoms with E-state index in [2.05, 4.69) is 37.6 Å². The van der Waals surface area contributed by atoms with Crippen LogP contribution in [-0.4, -0.2) is 65.5 Å². The van der Waals surface area contributed by atoms with Gasteiger partial charge in [0.25, 0.3) is 0 Å². The zero-order chi connectivity index (χ0) is 18.2. The number of thiophene rings is 1. The molecule has 3 rings (SSSR count). The van der Waals surface area contributed by atoms with Crippen molar-refractivity contribution in [3.63, 3.8) is 0 Å². The fraction of sp³-hybridized carbons (Fsp3) is 0.421. The van der Waals surface area contributed by atoms with Crippen LogP contribution in [-0.2, 0) is 17.3 Å². The van der Waals surface area contributed by atoms with Crippen LogP contribution in [0.15, 0.2) is 57.7 Å². The van der Waals surface area contributed by atoms with Crippen LogP contribution in [0.1, 0.15) is 4.88 Å². The van der Waals surface area contributed by atoms with Gasteiger partial charge in [-0.25, -0.2) is 0 Å². The maximum absolute atomic E-state index is 12.3. The molecule has 1 aromatic carbocycles. The highest BCUT2D eigenvalue weighted by Gasteiger charge is 2.19. The number of nitrogens with one attached hydrogen (secondary N) is 1. The molecule has 0 amide bonds. The Labute approximate surface area is 185 Å². The average Bonchev–Trinajstić information content (AvgIpc) is 3.20. The zero-order valence-corrected chi connectivity index (χ0v) is 19.5. The van der Waals surface area contributed by atoms with E-state index in [0.29, 0.717) is 12.3 Å². The van der Waals surface area contributed by atoms with Crippen LogP contribution in [0.4, 0.5) is 0 Å². The minimum absolute atomic E-state index is 0. The summed E-state index contributed by atoms with van der Waals surface area (Å²) in [5.74, 6) is 1.49. The molecule has 1 N–H and O–H groups in total. The van der Waals surface area contributed by atoms with Gasteiger partial charge in [0, 0.05) is 61.8 Å². The van der Waals surface area contributed by atoms with E-state index in [1.165, 1.54) is 4.88 Å². The highest BCUT2D eigenvalue weighted by atomic mass is 127. The van der Waals surface area contributed by atoms with Gasteiger partial charge < -0.3 is 10.2 Å². The first-order valence-electron chi connectivity index (χ1n) is 8.90. The number of benzene rings is 1. The van der Waals surface area contributed by atoms with Gasteiger partial charge in [0.15, 0.2) is 5.96 Å². The first-order valence-corrected chi connectivity index (χ1v) is 11.1. The standard InChI is InChI=1S/C19H26N4OS2.HI/c1-20-19(21-9-15-26(24)18-7-3-2-4-8-18)23-12-10-22(11-13-23)16-17-6-5-14-25-17;/h2-8,14H,9-13,15-16H2,1H3,(H,20,21);1H. The van der Waals surface area contributed by atoms with Crippen molar-refractivity contribution in [1.29, 1.82) is 0 Å². The molecule has 2 heterocycles. The molecule has 1 unspecified atom stereocenters. The number of aliphatic imine (C=N–C) groups is 1. The van der Waals surface area contributed by atoms with E-state index >= 15 is 0 Å². The summed E-state index contributed by atoms with van der Waals surface area (Å²) in [6, 6.07) is 13.9. The van der Waals surface area contributed by atoms with Gasteiger partial charge in [-0.05, 0) is 23.6 Å². The lowest BCUT2D eigenvalue weighted by Crippen LogP contribution is -2.52. The molecule has 0 radical (unpaired) electrons. The monoisotopic (exact) mass is 518 g/mol. The summed E-state index contributed by atoms with van der Waals surface area (Å²) < 4.78 is 12.3. The number of guanidine groups is 1. The highest BCUT2D eigenvalue weighted by molar-refractivity contribution is 14.0. The number of nitrogens with zero attached hydrogens (tertiary/aromatic N) is 3. The molecular weight excluding hydrogens is 491 g/mol. The van der Waals surface area contributed by atoms with E-state index in [4.69, 9.17) is 0 Å². The summed E-state index contributed by atoms with van der Waals surface area (Å²) in [6.07, 6.45) is 0. The summed E-state index contributed by atoms with van der Waals surface area (Å²) in [4.78, 5) is 11.5. The number of rotatable bonds is 6. The maximum Gasteiger partial charge on any atom is 0.193 e. The second kappa shape index (κ2) is 11.8. The molecule has 8 heteroatoms. The van der Waals surface area contributed by atoms with Gasteiger partial charge in [-0.15, -0.1) is 35.3 Å². The average molecular weight is 518 g/mol. The quantitative estimate of drug-likeness (QED) is 0.363. The molecule has 27 heavy (non-hydrogen) atoms. The molecule has 1 atom stereocenters. The van der Waals surface area contributed by atoms with E-state index in [1.807, 2.05) is 48.7 Å². The van der Waals surface area contributed by atoms with E-state index in [9.17, 15) is 4.21 Å². The topological polar surface area (TPSA) is 47.9 Å². The zero-order valence-electron chi connectivity index (χ0n) is 15.5. The van der Waals surface area contributed by atoms with Crippen molar-refractivity contribution in [3.05, 3.63) is 52.7 Å². The van der Waals surface area contributed by atoms with Gasteiger partial charge >= 0.3 is 0 Å². The van der Waals surface area contributed by atoms with Gasteiger partial charge in [0.05, 0.1) is 10.8 Å². The minimum Gasteiger partial charge on any atom is -0.355 e. The fourth-order valence-corrected chi connectivity index (χ4v) is 4.75. The van der Waals surface area contributed by atoms with Crippen molar-refractivity contribution in [2.24, 2.45) is 4.99 Å². The van der Waals surface area contributed by atoms with Crippen LogP contribution in [0, 0.1) is 0 Å². The number of piperazine rings is 1. The van der Waals surface area contributed by atoms with Crippen LogP contribution in [0.3, 0.4) is 0 Å². The molecule has 0 spiro atoms. The predicted molar refractivity (Wildman–Crippen MR) is 126 cm³/mol. The largest absolute Gasteiger partial charge is 0.355 e. The Morgan fingerprint density at radius 2 is 1.89 bits per heavy atom. The van der Waals surface area contributed by atoms with Crippen molar-refractivity contribution < 1.29 is 4.21 Å². The maximum atomic E-state index is 12.3. The lowest BCUT2D eigenvalue weighted by Gasteiger charge is -2.36. The molecule has 5 nitrogen and oxygen atoms in total. The van der Waals surface area contributed by atoms with Crippen molar-refractivity contribution >= 4 is 52.1 Å². The summed E-state index contributed by atoms with van der Waals surface area (Å²) in [5, 5.41) is 5.50. The second-order valence-corrected chi connectivity index (χ2v) is 8.78. The van der Waals surface area contributed by atoms with E-state index < -0.39 is 10.8 Å². The molecule has 148 valence electrons. The lowest BCUT2D eigenvalue weighted by atomic mass is 10.3. The van der Waals surface area contributed by atoms with Crippen molar-refractivity contribution in [2.45, 2.75) is 11.4 Å². The smallest absolute Gasteiger partial charge is 0.193 e. The van der Waals surface area contributed by atoms with Crippen LogP contribution >= 0.6 is 35.3 Å². The number of hydrogen-bond donors (Lipinski definition) is 1. The Bertz CT molecular complexity index is 717. The van der Waals surface area contributed by atoms with Crippen LogP contribution in [0.25, 0.3) is 0 Å². The Kier molecular flexibility index (Phi) is 9.74. The molecular formula is C19H27IN4OS2. The summed E-state index contributed by atoms with van der Waals surface area (Å²) in [5.41, 5.74) is 0. The predicted octanol–water partition coefficient (Wildman–Crippen LogP) is 2.87. The fourth-order valence-electron chi connectivity index (χ4n) is 3.02. The van der Waals surface area contributed by atoms with Gasteiger partial charge in [-0.1, -0.05) is 24.3 Å². The molecule has 0 saturated carbocycles. The molecule has 1 saturated heterocycles. The van der Waals surface area contributed by atoms with Crippen LogP contribution < -0.4 is 5.32 Å². The third kappa shape index (κ3) is 6.85. The van der Waals surface area contributed by atoms with Crippen molar-refractivity contribution in [2.75, 3.05) is 45.5 Å². The van der Waals surface area contributed by atoms with Crippen LogP contribution in [0.2, 0.25) is 0 Å². The van der Waals surface area contributed by atoms with Gasteiger partial charge in [-0.3, -0.25) is 14.1 Å². The summed E-state index contributed by atoms with van der Waals surface area (Å²) in [7, 11) is 0.840. The van der Waals surface area contributed by atoms with E-state index in [-0.39, 0.29) is 24.0 Å². The Morgan fingerprint density at radius 1 is 1.15 bits per heavy atom. The number of hydrogen-bond acceptors (Lipinski definition) is 4. The molecule has 1 aliphatic heterocycles. The number of halogens is 1. The summed E-state index contributed by atoms with van der Waals surface area (Å²) >= 11 is 1.82. The molecule has 2 aromatic rings. The first kappa shape index (κ1) is 22.3. The van der Waals surface area contributed by atoms with Gasteiger partial charge in [0.2, 0.25) is 0 Å². The van der Waals surface area contributed by atoms with E-state index in [1.54, 1.807) is 0 Å². The molecule has 0 bridgehead atoms. The Balaban J connectivity index is 0.00000261. The highest BCUT2D eigenvalue weighted by Crippen LogP contribution is 2.13. The molecule has 0 aliphatic carbocycles. The second-order valence-electron chi connectivity index (χ2n) is 6.18. The molecule has 1 aromatic heterocycles. The van der Waals surface area contributed by atoms with Crippen molar-refractivity contribution in [3.8, 4) is 0 Å². The van der Waals surface area contributed by atoms with Crippen molar-refractivity contribution in [1.82, 2.24) is 15.1 Å². The Morgan fingerprint density at radius 3 is 2.52 bits per heavy atom. The van der Waals surface area contributed by atoms with Gasteiger partial charge in [-0.2, -0.15) is 0 Å². The minimum atomic E-state index is -0.974. The van der Waals surface area contributed by atoms with E-state index in [0.717, 1.165) is 43.6 Å². The third-order valence-corrected chi connectivity index (χ3v) is 6.65. The Hall–Kier alpha value is -0.970.